The number of carbonyl (C=O) groups excluding carboxylic acids is 1. The van der Waals surface area contributed by atoms with Crippen LogP contribution >= 0.6 is 11.8 Å². The molecule has 0 spiro atoms. The number of thioether (sulfide) groups is 1. The Bertz CT molecular complexity index is 1200. The minimum atomic E-state index is -0.388. The fourth-order valence-corrected chi connectivity index (χ4v) is 4.91. The minimum absolute atomic E-state index is 0.0808. The van der Waals surface area contributed by atoms with Crippen LogP contribution in [0.2, 0.25) is 0 Å². The van der Waals surface area contributed by atoms with E-state index in [9.17, 15) is 4.79 Å². The lowest BCUT2D eigenvalue weighted by molar-refractivity contribution is -0.114. The second kappa shape index (κ2) is 7.96. The van der Waals surface area contributed by atoms with Gasteiger partial charge in [0, 0.05) is 23.5 Å². The molecule has 2 aliphatic rings. The highest BCUT2D eigenvalue weighted by atomic mass is 32.2. The van der Waals surface area contributed by atoms with Crippen molar-refractivity contribution in [2.24, 2.45) is 16.0 Å². The molecule has 1 aromatic carbocycles. The molecule has 1 N–H and O–H groups in total. The van der Waals surface area contributed by atoms with Crippen molar-refractivity contribution in [2.45, 2.75) is 48.0 Å². The molecule has 160 valence electrons. The van der Waals surface area contributed by atoms with Gasteiger partial charge in [-0.05, 0) is 86.3 Å². The van der Waals surface area contributed by atoms with E-state index >= 15 is 0 Å². The van der Waals surface area contributed by atoms with Crippen molar-refractivity contribution in [1.29, 1.82) is 5.41 Å². The van der Waals surface area contributed by atoms with Crippen LogP contribution in [0.5, 0.6) is 0 Å². The van der Waals surface area contributed by atoms with Crippen molar-refractivity contribution < 1.29 is 4.79 Å². The van der Waals surface area contributed by atoms with Crippen molar-refractivity contribution in [3.63, 3.8) is 0 Å². The van der Waals surface area contributed by atoms with Crippen molar-refractivity contribution in [3.8, 4) is 5.69 Å². The summed E-state index contributed by atoms with van der Waals surface area (Å²) < 4.78 is 2.18. The molecule has 0 saturated heterocycles. The first-order valence-electron chi connectivity index (χ1n) is 10.4. The van der Waals surface area contributed by atoms with Crippen LogP contribution in [0.4, 0.5) is 0 Å². The summed E-state index contributed by atoms with van der Waals surface area (Å²) in [6.45, 7) is 12.5. The molecule has 1 amide bonds. The number of nitrogens with zero attached hydrogens (tertiary/aromatic N) is 4. The van der Waals surface area contributed by atoms with E-state index in [-0.39, 0.29) is 17.3 Å². The third-order valence-corrected chi connectivity index (χ3v) is 6.53. The van der Waals surface area contributed by atoms with Crippen LogP contribution in [0.3, 0.4) is 0 Å². The molecule has 0 atom stereocenters. The smallest absolute Gasteiger partial charge is 0.283 e. The monoisotopic (exact) mass is 433 g/mol. The first-order valence-corrected chi connectivity index (χ1v) is 11.2. The van der Waals surface area contributed by atoms with E-state index < -0.39 is 0 Å². The lowest BCUT2D eigenvalue weighted by atomic mass is 10.1. The van der Waals surface area contributed by atoms with Crippen molar-refractivity contribution >= 4 is 39.8 Å². The molecule has 1 aromatic heterocycles. The Balaban J connectivity index is 1.71. The molecule has 0 aliphatic carbocycles. The molecule has 7 heteroatoms. The average molecular weight is 434 g/mol. The van der Waals surface area contributed by atoms with Gasteiger partial charge in [-0.25, -0.2) is 0 Å². The van der Waals surface area contributed by atoms with Crippen LogP contribution in [0, 0.1) is 39.0 Å². The molecule has 0 saturated carbocycles. The molecule has 0 unspecified atom stereocenters. The first-order chi connectivity index (χ1) is 14.7. The zero-order chi connectivity index (χ0) is 22.4. The van der Waals surface area contributed by atoms with Crippen LogP contribution in [0.15, 0.2) is 39.9 Å². The van der Waals surface area contributed by atoms with E-state index in [4.69, 9.17) is 5.41 Å². The summed E-state index contributed by atoms with van der Waals surface area (Å²) in [6.07, 6.45) is 2.57. The number of amides is 1. The third kappa shape index (κ3) is 3.90. The van der Waals surface area contributed by atoms with Crippen LogP contribution in [-0.2, 0) is 4.79 Å². The largest absolute Gasteiger partial charge is 0.318 e. The standard InChI is InChI=1S/C24H27N5OS/c1-13(2)9-21-27-29-22(25)20(23(30)26-24(29)31-21)12-18-11-16(5)28(17(18)6)19-8-7-14(3)15(4)10-19/h7-8,10-13,25H,9H2,1-6H3/b20-12+,25-22?. The molecule has 0 radical (unpaired) electrons. The Hall–Kier alpha value is -2.93. The Kier molecular flexibility index (Phi) is 5.47. The fourth-order valence-electron chi connectivity index (χ4n) is 3.81. The number of fused-ring (bicyclic) bond motifs is 1. The van der Waals surface area contributed by atoms with Gasteiger partial charge in [0.2, 0.25) is 5.17 Å². The van der Waals surface area contributed by atoms with E-state index in [1.165, 1.54) is 27.9 Å². The highest BCUT2D eigenvalue weighted by Gasteiger charge is 2.35. The molecule has 2 aromatic rings. The second-order valence-electron chi connectivity index (χ2n) is 8.54. The van der Waals surface area contributed by atoms with E-state index in [2.05, 4.69) is 60.6 Å². The summed E-state index contributed by atoms with van der Waals surface area (Å²) in [7, 11) is 0. The number of hydrogen-bond acceptors (Lipinski definition) is 4. The highest BCUT2D eigenvalue weighted by molar-refractivity contribution is 8.26. The lowest BCUT2D eigenvalue weighted by Crippen LogP contribution is -2.35. The van der Waals surface area contributed by atoms with Crippen LogP contribution < -0.4 is 0 Å². The summed E-state index contributed by atoms with van der Waals surface area (Å²) in [6, 6.07) is 8.44. The van der Waals surface area contributed by atoms with Gasteiger partial charge in [0.25, 0.3) is 5.91 Å². The van der Waals surface area contributed by atoms with Gasteiger partial charge in [-0.15, -0.1) is 0 Å². The number of rotatable bonds is 4. The maximum absolute atomic E-state index is 12.7. The number of hydrogen-bond donors (Lipinski definition) is 1. The van der Waals surface area contributed by atoms with Crippen LogP contribution in [-0.4, -0.2) is 31.5 Å². The van der Waals surface area contributed by atoms with Gasteiger partial charge in [-0.1, -0.05) is 19.9 Å². The summed E-state index contributed by atoms with van der Waals surface area (Å²) in [5.74, 6) is 0.141. The molecule has 6 nitrogen and oxygen atoms in total. The zero-order valence-electron chi connectivity index (χ0n) is 18.8. The summed E-state index contributed by atoms with van der Waals surface area (Å²) >= 11 is 1.38. The topological polar surface area (TPSA) is 73.8 Å². The number of benzene rings is 1. The molecule has 4 rings (SSSR count). The average Bonchev–Trinajstić information content (AvgIpc) is 3.20. The van der Waals surface area contributed by atoms with Gasteiger partial charge in [-0.2, -0.15) is 15.1 Å². The summed E-state index contributed by atoms with van der Waals surface area (Å²) in [5.41, 5.74) is 6.83. The predicted molar refractivity (Wildman–Crippen MR) is 129 cm³/mol. The number of aryl methyl sites for hydroxylation is 3. The maximum Gasteiger partial charge on any atom is 0.283 e. The number of carbonyl (C=O) groups is 1. The molecule has 31 heavy (non-hydrogen) atoms. The van der Waals surface area contributed by atoms with Crippen molar-refractivity contribution in [3.05, 3.63) is 57.9 Å². The summed E-state index contributed by atoms with van der Waals surface area (Å²) in [4.78, 5) is 16.9. The normalized spacial score (nSPS) is 17.5. The first kappa shape index (κ1) is 21.3. The van der Waals surface area contributed by atoms with Crippen LogP contribution in [0.25, 0.3) is 11.8 Å². The molecular formula is C24H27N5OS. The Labute approximate surface area is 187 Å². The zero-order valence-corrected chi connectivity index (χ0v) is 19.6. The second-order valence-corrected chi connectivity index (χ2v) is 9.58. The molecule has 2 aliphatic heterocycles. The van der Waals surface area contributed by atoms with Crippen LogP contribution in [0.1, 0.15) is 48.3 Å². The Morgan fingerprint density at radius 1 is 1.13 bits per heavy atom. The Morgan fingerprint density at radius 2 is 1.87 bits per heavy atom. The number of amidine groups is 2. The van der Waals surface area contributed by atoms with Crippen molar-refractivity contribution in [2.75, 3.05) is 0 Å². The lowest BCUT2D eigenvalue weighted by Gasteiger charge is -2.20. The Morgan fingerprint density at radius 3 is 2.55 bits per heavy atom. The summed E-state index contributed by atoms with van der Waals surface area (Å²) in [5, 5.41) is 16.0. The van der Waals surface area contributed by atoms with E-state index in [0.717, 1.165) is 34.1 Å². The molecule has 0 bridgehead atoms. The molecule has 0 fully saturated rings. The SMILES string of the molecule is Cc1ccc(-n2c(C)cc(/C=C3\C(=N)N4N=C(CC(C)C)SC4=NC3=O)c2C)cc1C. The number of hydrazone groups is 1. The van der Waals surface area contributed by atoms with Crippen molar-refractivity contribution in [1.82, 2.24) is 9.58 Å². The number of aliphatic imine (C=N–C) groups is 1. The van der Waals surface area contributed by atoms with E-state index in [1.807, 2.05) is 19.9 Å². The maximum atomic E-state index is 12.7. The molecule has 3 heterocycles. The highest BCUT2D eigenvalue weighted by Crippen LogP contribution is 2.31. The minimum Gasteiger partial charge on any atom is -0.318 e. The van der Waals surface area contributed by atoms with Gasteiger partial charge in [-0.3, -0.25) is 10.2 Å². The van der Waals surface area contributed by atoms with Gasteiger partial charge < -0.3 is 4.57 Å². The fraction of sp³-hybridized carbons (Fsp3) is 0.333. The van der Waals surface area contributed by atoms with E-state index in [0.29, 0.717) is 11.1 Å². The third-order valence-electron chi connectivity index (χ3n) is 5.60. The van der Waals surface area contributed by atoms with E-state index in [1.54, 1.807) is 6.08 Å². The van der Waals surface area contributed by atoms with Gasteiger partial charge in [0.15, 0.2) is 5.84 Å². The quantitative estimate of drug-likeness (QED) is 0.658. The van der Waals surface area contributed by atoms with Gasteiger partial charge >= 0.3 is 0 Å². The number of nitrogens with one attached hydrogen (secondary N) is 1. The number of aromatic nitrogens is 1. The predicted octanol–water partition coefficient (Wildman–Crippen LogP) is 5.38. The molecular weight excluding hydrogens is 406 g/mol. The van der Waals surface area contributed by atoms with Gasteiger partial charge in [0.05, 0.1) is 5.57 Å². The van der Waals surface area contributed by atoms with Gasteiger partial charge in [0.1, 0.15) is 5.04 Å².